The van der Waals surface area contributed by atoms with Gasteiger partial charge in [0.05, 0.1) is 14.3 Å². The predicted octanol–water partition coefficient (Wildman–Crippen LogP) is 2.84. The second kappa shape index (κ2) is 7.16. The maximum Gasteiger partial charge on any atom is 0.112 e. The Hall–Kier alpha value is -0.170. The molecule has 3 nitrogen and oxygen atoms in total. The van der Waals surface area contributed by atoms with Crippen LogP contribution in [0.1, 0.15) is 20.8 Å². The Morgan fingerprint density at radius 3 is 2.47 bits per heavy atom. The summed E-state index contributed by atoms with van der Waals surface area (Å²) >= 11 is 3.71. The number of halogens is 1. The van der Waals surface area contributed by atoms with Gasteiger partial charge in [-0.05, 0) is 49.6 Å². The third-order valence-electron chi connectivity index (χ3n) is 1.53. The fraction of sp³-hybridized carbons (Fsp3) is 0.500. The number of allylic oxidation sites excluding steroid dienone is 1. The van der Waals surface area contributed by atoms with E-state index in [0.29, 0.717) is 11.9 Å². The molecular weight excluding hydrogens is 321 g/mol. The average molecular weight is 339 g/mol. The van der Waals surface area contributed by atoms with Crippen molar-refractivity contribution in [3.8, 4) is 0 Å². The van der Waals surface area contributed by atoms with E-state index in [-0.39, 0.29) is 0 Å². The van der Waals surface area contributed by atoms with Crippen molar-refractivity contribution < 1.29 is 0 Å². The highest BCUT2D eigenvalue weighted by molar-refractivity contribution is 14.1. The zero-order valence-corrected chi connectivity index (χ0v) is 12.6. The topological polar surface area (TPSA) is 50.4 Å². The molecule has 0 saturated carbocycles. The van der Waals surface area contributed by atoms with Crippen LogP contribution in [0.4, 0.5) is 0 Å². The molecule has 5 heteroatoms. The highest BCUT2D eigenvalue weighted by Crippen LogP contribution is 2.16. The van der Waals surface area contributed by atoms with Gasteiger partial charge >= 0.3 is 0 Å². The van der Waals surface area contributed by atoms with Gasteiger partial charge in [0.2, 0.25) is 0 Å². The Labute approximate surface area is 110 Å². The molecule has 0 aliphatic heterocycles. The van der Waals surface area contributed by atoms with Crippen LogP contribution in [0.2, 0.25) is 0 Å². The van der Waals surface area contributed by atoms with E-state index in [1.165, 1.54) is 11.8 Å². The Kier molecular flexibility index (Phi) is 7.08. The van der Waals surface area contributed by atoms with Gasteiger partial charge in [-0.15, -0.1) is 11.8 Å². The molecule has 0 saturated heterocycles. The molecule has 0 spiro atoms. The van der Waals surface area contributed by atoms with Gasteiger partial charge < -0.3 is 11.1 Å². The van der Waals surface area contributed by atoms with E-state index >= 15 is 0 Å². The number of hydrogen-bond donors (Lipinski definition) is 2. The SMILES string of the molecule is C=C(/N=C(C)\C(I)=C(/N)NC(C)C)SC. The second-order valence-electron chi connectivity index (χ2n) is 3.32. The maximum atomic E-state index is 5.88. The van der Waals surface area contributed by atoms with Gasteiger partial charge in [0, 0.05) is 6.04 Å². The fourth-order valence-electron chi connectivity index (χ4n) is 0.851. The fourth-order valence-corrected chi connectivity index (χ4v) is 1.36. The smallest absolute Gasteiger partial charge is 0.112 e. The average Bonchev–Trinajstić information content (AvgIpc) is 2.15. The largest absolute Gasteiger partial charge is 0.385 e. The molecule has 0 fully saturated rings. The Balaban J connectivity index is 4.74. The van der Waals surface area contributed by atoms with Crippen LogP contribution in [-0.4, -0.2) is 18.0 Å². The summed E-state index contributed by atoms with van der Waals surface area (Å²) < 4.78 is 0.941. The monoisotopic (exact) mass is 339 g/mol. The normalized spacial score (nSPS) is 13.9. The molecule has 0 aromatic carbocycles. The minimum Gasteiger partial charge on any atom is -0.385 e. The van der Waals surface area contributed by atoms with Crippen molar-refractivity contribution in [2.75, 3.05) is 6.26 Å². The van der Waals surface area contributed by atoms with Crippen molar-refractivity contribution in [1.29, 1.82) is 0 Å². The molecular formula is C10H18IN3S. The van der Waals surface area contributed by atoms with E-state index in [2.05, 4.69) is 39.5 Å². The first-order valence-corrected chi connectivity index (χ1v) is 6.89. The summed E-state index contributed by atoms with van der Waals surface area (Å²) in [6.07, 6.45) is 1.95. The summed E-state index contributed by atoms with van der Waals surface area (Å²) in [6.45, 7) is 9.82. The summed E-state index contributed by atoms with van der Waals surface area (Å²) in [4.78, 5) is 4.32. The van der Waals surface area contributed by atoms with E-state index < -0.39 is 0 Å². The molecule has 0 aromatic heterocycles. The lowest BCUT2D eigenvalue weighted by atomic mass is 10.3. The lowest BCUT2D eigenvalue weighted by Gasteiger charge is -2.12. The molecule has 3 N–H and O–H groups in total. The Morgan fingerprint density at radius 1 is 1.53 bits per heavy atom. The van der Waals surface area contributed by atoms with E-state index in [9.17, 15) is 0 Å². The van der Waals surface area contributed by atoms with E-state index in [4.69, 9.17) is 5.73 Å². The minimum atomic E-state index is 0.325. The lowest BCUT2D eigenvalue weighted by Crippen LogP contribution is -2.28. The molecule has 0 rings (SSSR count). The number of aliphatic imine (C=N–C) groups is 1. The third kappa shape index (κ3) is 6.09. The van der Waals surface area contributed by atoms with Crippen LogP contribution in [-0.2, 0) is 0 Å². The predicted molar refractivity (Wildman–Crippen MR) is 79.3 cm³/mol. The number of nitrogens with zero attached hydrogens (tertiary/aromatic N) is 1. The molecule has 86 valence electrons. The van der Waals surface area contributed by atoms with Crippen LogP contribution < -0.4 is 11.1 Å². The van der Waals surface area contributed by atoms with E-state index in [1.54, 1.807) is 0 Å². The van der Waals surface area contributed by atoms with Gasteiger partial charge in [-0.2, -0.15) is 0 Å². The van der Waals surface area contributed by atoms with Crippen LogP contribution in [0.5, 0.6) is 0 Å². The summed E-state index contributed by atoms with van der Waals surface area (Å²) in [5.41, 5.74) is 6.77. The first kappa shape index (κ1) is 14.8. The van der Waals surface area contributed by atoms with Gasteiger partial charge in [0.25, 0.3) is 0 Å². The van der Waals surface area contributed by atoms with Crippen molar-refractivity contribution in [2.24, 2.45) is 10.7 Å². The van der Waals surface area contributed by atoms with Gasteiger partial charge in [0.15, 0.2) is 0 Å². The summed E-state index contributed by atoms with van der Waals surface area (Å²) in [5, 5.41) is 3.94. The first-order chi connectivity index (χ1) is 6.88. The van der Waals surface area contributed by atoms with E-state index in [0.717, 1.165) is 14.3 Å². The molecule has 0 heterocycles. The quantitative estimate of drug-likeness (QED) is 0.598. The first-order valence-electron chi connectivity index (χ1n) is 4.58. The third-order valence-corrected chi connectivity index (χ3v) is 3.45. The summed E-state index contributed by atoms with van der Waals surface area (Å²) in [5.74, 6) is 0.667. The highest BCUT2D eigenvalue weighted by Gasteiger charge is 2.05. The van der Waals surface area contributed by atoms with Gasteiger partial charge in [0.1, 0.15) is 5.82 Å². The van der Waals surface area contributed by atoms with Crippen LogP contribution in [0.15, 0.2) is 26.0 Å². The second-order valence-corrected chi connectivity index (χ2v) is 5.28. The number of nitrogens with one attached hydrogen (secondary N) is 1. The van der Waals surface area contributed by atoms with Crippen LogP contribution >= 0.6 is 34.4 Å². The molecule has 0 atom stereocenters. The van der Waals surface area contributed by atoms with Crippen LogP contribution in [0.3, 0.4) is 0 Å². The van der Waals surface area contributed by atoms with Gasteiger partial charge in [-0.3, -0.25) is 0 Å². The minimum absolute atomic E-state index is 0.325. The number of rotatable bonds is 5. The summed E-state index contributed by atoms with van der Waals surface area (Å²) in [6, 6.07) is 0.325. The van der Waals surface area contributed by atoms with Gasteiger partial charge in [-0.1, -0.05) is 6.58 Å². The van der Waals surface area contributed by atoms with Crippen molar-refractivity contribution in [3.63, 3.8) is 0 Å². The Morgan fingerprint density at radius 2 is 2.07 bits per heavy atom. The number of nitrogens with two attached hydrogens (primary N) is 1. The summed E-state index contributed by atoms with van der Waals surface area (Å²) in [7, 11) is 0. The highest BCUT2D eigenvalue weighted by atomic mass is 127. The van der Waals surface area contributed by atoms with E-state index in [1.807, 2.05) is 27.0 Å². The number of thioether (sulfide) groups is 1. The molecule has 0 aliphatic rings. The number of hydrogen-bond acceptors (Lipinski definition) is 4. The van der Waals surface area contributed by atoms with Crippen LogP contribution in [0.25, 0.3) is 0 Å². The van der Waals surface area contributed by atoms with Crippen molar-refractivity contribution in [3.05, 3.63) is 21.0 Å². The van der Waals surface area contributed by atoms with Crippen molar-refractivity contribution in [1.82, 2.24) is 5.32 Å². The molecule has 0 amide bonds. The lowest BCUT2D eigenvalue weighted by molar-refractivity contribution is 0.663. The standard InChI is InChI=1S/C10H18IN3S/c1-6(2)13-10(12)9(11)7(3)14-8(4)15-5/h6,13H,4,12H2,1-3,5H3/b10-9-,14-7-. The van der Waals surface area contributed by atoms with Crippen molar-refractivity contribution >= 4 is 40.1 Å². The Bertz CT molecular complexity index is 295. The zero-order valence-electron chi connectivity index (χ0n) is 9.60. The molecule has 0 bridgehead atoms. The van der Waals surface area contributed by atoms with Crippen molar-refractivity contribution in [2.45, 2.75) is 26.8 Å². The van der Waals surface area contributed by atoms with Crippen LogP contribution in [0, 0.1) is 0 Å². The molecule has 0 radical (unpaired) electrons. The molecule has 0 aliphatic carbocycles. The maximum absolute atomic E-state index is 5.88. The zero-order chi connectivity index (χ0) is 12.0. The molecule has 0 aromatic rings. The molecule has 0 unspecified atom stereocenters. The van der Waals surface area contributed by atoms with Gasteiger partial charge in [-0.25, -0.2) is 4.99 Å². The molecule has 15 heavy (non-hydrogen) atoms.